The molecule has 1 aliphatic rings. The summed E-state index contributed by atoms with van der Waals surface area (Å²) in [6, 6.07) is 0. The summed E-state index contributed by atoms with van der Waals surface area (Å²) >= 11 is 0. The summed E-state index contributed by atoms with van der Waals surface area (Å²) in [6.07, 6.45) is 2.46. The maximum absolute atomic E-state index is 11.9. The molecule has 18 heavy (non-hydrogen) atoms. The molecule has 0 aromatic rings. The molecule has 0 radical (unpaired) electrons. The van der Waals surface area contributed by atoms with Gasteiger partial charge in [-0.3, -0.25) is 9.59 Å². The molecule has 0 saturated carbocycles. The standard InChI is InChI=1S/C13H24N2O3/c1-13(2,5-6-14)4-3-11(16)15-8-10(9-15)7-12(17)18/h10H,3-9,14H2,1-2H3,(H,17,18). The summed E-state index contributed by atoms with van der Waals surface area (Å²) in [4.78, 5) is 24.1. The van der Waals surface area contributed by atoms with E-state index in [9.17, 15) is 9.59 Å². The van der Waals surface area contributed by atoms with E-state index in [1.54, 1.807) is 4.90 Å². The van der Waals surface area contributed by atoms with Crippen LogP contribution in [-0.2, 0) is 9.59 Å². The van der Waals surface area contributed by atoms with Gasteiger partial charge in [-0.25, -0.2) is 0 Å². The molecular formula is C13H24N2O3. The summed E-state index contributed by atoms with van der Waals surface area (Å²) in [5.41, 5.74) is 5.64. The summed E-state index contributed by atoms with van der Waals surface area (Å²) in [5.74, 6) is -0.499. The second-order valence-electron chi connectivity index (χ2n) is 5.97. The maximum atomic E-state index is 11.9. The molecule has 1 aliphatic heterocycles. The average molecular weight is 256 g/mol. The number of nitrogens with zero attached hydrogens (tertiary/aromatic N) is 1. The Labute approximate surface area is 108 Å². The van der Waals surface area contributed by atoms with E-state index in [-0.39, 0.29) is 23.7 Å². The number of carbonyl (C=O) groups is 2. The predicted octanol–water partition coefficient (Wildman–Crippen LogP) is 1.07. The Bertz CT molecular complexity index is 309. The zero-order valence-electron chi connectivity index (χ0n) is 11.3. The molecule has 1 fully saturated rings. The molecule has 104 valence electrons. The molecule has 5 nitrogen and oxygen atoms in total. The lowest BCUT2D eigenvalue weighted by molar-refractivity contribution is -0.145. The van der Waals surface area contributed by atoms with Crippen LogP contribution < -0.4 is 5.73 Å². The quantitative estimate of drug-likeness (QED) is 0.714. The van der Waals surface area contributed by atoms with E-state index in [1.807, 2.05) is 0 Å². The number of carboxylic acid groups (broad SMARTS) is 1. The molecule has 1 amide bonds. The Morgan fingerprint density at radius 3 is 2.44 bits per heavy atom. The molecule has 0 aromatic heterocycles. The monoisotopic (exact) mass is 256 g/mol. The third-order valence-electron chi connectivity index (χ3n) is 3.61. The van der Waals surface area contributed by atoms with Gasteiger partial charge in [-0.2, -0.15) is 0 Å². The summed E-state index contributed by atoms with van der Waals surface area (Å²) in [5, 5.41) is 8.63. The van der Waals surface area contributed by atoms with Gasteiger partial charge in [-0.1, -0.05) is 13.8 Å². The number of nitrogens with two attached hydrogens (primary N) is 1. The smallest absolute Gasteiger partial charge is 0.303 e. The first-order valence-electron chi connectivity index (χ1n) is 6.54. The fourth-order valence-electron chi connectivity index (χ4n) is 2.27. The molecule has 3 N–H and O–H groups in total. The highest BCUT2D eigenvalue weighted by atomic mass is 16.4. The van der Waals surface area contributed by atoms with Gasteiger partial charge in [-0.15, -0.1) is 0 Å². The van der Waals surface area contributed by atoms with E-state index in [4.69, 9.17) is 10.8 Å². The topological polar surface area (TPSA) is 83.6 Å². The first-order valence-corrected chi connectivity index (χ1v) is 6.54. The van der Waals surface area contributed by atoms with E-state index < -0.39 is 5.97 Å². The molecular weight excluding hydrogens is 232 g/mol. The van der Waals surface area contributed by atoms with Crippen molar-refractivity contribution in [2.45, 2.75) is 39.5 Å². The number of amides is 1. The molecule has 0 aliphatic carbocycles. The first kappa shape index (κ1) is 15.0. The number of likely N-dealkylation sites (tertiary alicyclic amines) is 1. The van der Waals surface area contributed by atoms with Crippen molar-refractivity contribution in [3.8, 4) is 0 Å². The van der Waals surface area contributed by atoms with Crippen molar-refractivity contribution in [2.75, 3.05) is 19.6 Å². The van der Waals surface area contributed by atoms with Gasteiger partial charge in [0.05, 0.1) is 6.42 Å². The normalized spacial score (nSPS) is 16.5. The largest absolute Gasteiger partial charge is 0.481 e. The van der Waals surface area contributed by atoms with Crippen LogP contribution >= 0.6 is 0 Å². The highest BCUT2D eigenvalue weighted by Crippen LogP contribution is 2.27. The molecule has 1 rings (SSSR count). The molecule has 1 saturated heterocycles. The van der Waals surface area contributed by atoms with E-state index >= 15 is 0 Å². The summed E-state index contributed by atoms with van der Waals surface area (Å²) in [6.45, 7) is 6.09. The summed E-state index contributed by atoms with van der Waals surface area (Å²) < 4.78 is 0. The van der Waals surface area contributed by atoms with Crippen LogP contribution in [0.1, 0.15) is 39.5 Å². The van der Waals surface area contributed by atoms with Crippen molar-refractivity contribution in [2.24, 2.45) is 17.1 Å². The van der Waals surface area contributed by atoms with Crippen LogP contribution in [0.4, 0.5) is 0 Å². The van der Waals surface area contributed by atoms with Crippen molar-refractivity contribution in [3.05, 3.63) is 0 Å². The van der Waals surface area contributed by atoms with Crippen LogP contribution in [0, 0.1) is 11.3 Å². The lowest BCUT2D eigenvalue weighted by Crippen LogP contribution is -2.50. The molecule has 1 heterocycles. The zero-order chi connectivity index (χ0) is 13.8. The molecule has 0 atom stereocenters. The highest BCUT2D eigenvalue weighted by molar-refractivity contribution is 5.77. The van der Waals surface area contributed by atoms with Crippen molar-refractivity contribution < 1.29 is 14.7 Å². The van der Waals surface area contributed by atoms with Crippen LogP contribution in [0.5, 0.6) is 0 Å². The number of aliphatic carboxylic acids is 1. The predicted molar refractivity (Wildman–Crippen MR) is 69.0 cm³/mol. The number of hydrogen-bond acceptors (Lipinski definition) is 3. The number of rotatable bonds is 7. The molecule has 5 heteroatoms. The second-order valence-corrected chi connectivity index (χ2v) is 5.97. The lowest BCUT2D eigenvalue weighted by Gasteiger charge is -2.39. The van der Waals surface area contributed by atoms with Crippen molar-refractivity contribution in [1.29, 1.82) is 0 Å². The van der Waals surface area contributed by atoms with Crippen LogP contribution in [0.3, 0.4) is 0 Å². The molecule has 0 bridgehead atoms. The Kier molecular flexibility index (Phi) is 5.14. The van der Waals surface area contributed by atoms with Gasteiger partial charge in [0.15, 0.2) is 0 Å². The van der Waals surface area contributed by atoms with E-state index in [0.29, 0.717) is 26.1 Å². The van der Waals surface area contributed by atoms with Gasteiger partial charge < -0.3 is 15.7 Å². The van der Waals surface area contributed by atoms with E-state index in [2.05, 4.69) is 13.8 Å². The van der Waals surface area contributed by atoms with Gasteiger partial charge in [0.1, 0.15) is 0 Å². The maximum Gasteiger partial charge on any atom is 0.303 e. The second kappa shape index (κ2) is 6.18. The van der Waals surface area contributed by atoms with E-state index in [1.165, 1.54) is 0 Å². The van der Waals surface area contributed by atoms with Crippen molar-refractivity contribution in [1.82, 2.24) is 4.90 Å². The van der Waals surface area contributed by atoms with Crippen LogP contribution in [0.15, 0.2) is 0 Å². The van der Waals surface area contributed by atoms with E-state index in [0.717, 1.165) is 12.8 Å². The zero-order valence-corrected chi connectivity index (χ0v) is 11.3. The molecule has 0 spiro atoms. The summed E-state index contributed by atoms with van der Waals surface area (Å²) in [7, 11) is 0. The van der Waals surface area contributed by atoms with Crippen molar-refractivity contribution in [3.63, 3.8) is 0 Å². The highest BCUT2D eigenvalue weighted by Gasteiger charge is 2.32. The van der Waals surface area contributed by atoms with Crippen molar-refractivity contribution >= 4 is 11.9 Å². The molecule has 0 unspecified atom stereocenters. The Hall–Kier alpha value is -1.10. The Morgan fingerprint density at radius 1 is 1.33 bits per heavy atom. The van der Waals surface area contributed by atoms with Gasteiger partial charge in [0.2, 0.25) is 5.91 Å². The third-order valence-corrected chi connectivity index (χ3v) is 3.61. The number of carbonyl (C=O) groups excluding carboxylic acids is 1. The van der Waals surface area contributed by atoms with Crippen LogP contribution in [0.25, 0.3) is 0 Å². The Morgan fingerprint density at radius 2 is 1.94 bits per heavy atom. The third kappa shape index (κ3) is 4.64. The number of hydrogen-bond donors (Lipinski definition) is 2. The minimum Gasteiger partial charge on any atom is -0.481 e. The van der Waals surface area contributed by atoms with Gasteiger partial charge in [0, 0.05) is 25.4 Å². The van der Waals surface area contributed by atoms with Gasteiger partial charge in [0.25, 0.3) is 0 Å². The minimum absolute atomic E-state index is 0.107. The average Bonchev–Trinajstić information content (AvgIpc) is 2.19. The first-order chi connectivity index (χ1) is 8.34. The van der Waals surface area contributed by atoms with Gasteiger partial charge >= 0.3 is 5.97 Å². The van der Waals surface area contributed by atoms with Gasteiger partial charge in [-0.05, 0) is 24.8 Å². The SMILES string of the molecule is CC(C)(CCN)CCC(=O)N1CC(CC(=O)O)C1. The fraction of sp³-hybridized carbons (Fsp3) is 0.846. The fourth-order valence-corrected chi connectivity index (χ4v) is 2.27. The van der Waals surface area contributed by atoms with Crippen LogP contribution in [0.2, 0.25) is 0 Å². The minimum atomic E-state index is -0.781. The molecule has 0 aromatic carbocycles. The lowest BCUT2D eigenvalue weighted by atomic mass is 9.84. The Balaban J connectivity index is 2.22. The van der Waals surface area contributed by atoms with Crippen LogP contribution in [-0.4, -0.2) is 41.5 Å². The number of carboxylic acids is 1.